The summed E-state index contributed by atoms with van der Waals surface area (Å²) in [6.45, 7) is 0. The number of rotatable bonds is 3. The number of hydrogen-bond donors (Lipinski definition) is 2. The summed E-state index contributed by atoms with van der Waals surface area (Å²) >= 11 is 1.62. The van der Waals surface area contributed by atoms with Crippen molar-refractivity contribution in [2.45, 2.75) is 25.7 Å². The Hall–Kier alpha value is -2.92. The molecule has 0 unspecified atom stereocenters. The molecule has 27 heavy (non-hydrogen) atoms. The lowest BCUT2D eigenvalue weighted by atomic mass is 9.89. The van der Waals surface area contributed by atoms with Crippen molar-refractivity contribution in [3.63, 3.8) is 0 Å². The second kappa shape index (κ2) is 6.67. The van der Waals surface area contributed by atoms with Gasteiger partial charge in [-0.25, -0.2) is 9.97 Å². The summed E-state index contributed by atoms with van der Waals surface area (Å²) in [5.74, 6) is 0.922. The molecule has 1 aliphatic carbocycles. The number of phenolic OH excluding ortho intramolecular Hbond substituents is 1. The molecule has 5 rings (SSSR count). The number of nitrogens with zero attached hydrogens (tertiary/aromatic N) is 2. The molecule has 0 fully saturated rings. The molecule has 2 aromatic heterocycles. The van der Waals surface area contributed by atoms with Crippen molar-refractivity contribution >= 4 is 33.1 Å². The van der Waals surface area contributed by atoms with Gasteiger partial charge in [-0.05, 0) is 54.5 Å². The van der Waals surface area contributed by atoms with Gasteiger partial charge in [0, 0.05) is 10.9 Å². The lowest BCUT2D eigenvalue weighted by Crippen LogP contribution is -2.02. The first-order valence-corrected chi connectivity index (χ1v) is 10.1. The highest BCUT2D eigenvalue weighted by molar-refractivity contribution is 7.17. The molecule has 0 saturated heterocycles. The molecule has 2 aromatic carbocycles. The molecule has 134 valence electrons. The third kappa shape index (κ3) is 2.94. The number of thiophene rings is 1. The fourth-order valence-electron chi connectivity index (χ4n) is 3.79. The van der Waals surface area contributed by atoms with Gasteiger partial charge in [0.1, 0.15) is 22.7 Å². The van der Waals surface area contributed by atoms with Gasteiger partial charge in [-0.15, -0.1) is 11.3 Å². The van der Waals surface area contributed by atoms with Gasteiger partial charge in [-0.2, -0.15) is 0 Å². The monoisotopic (exact) mass is 373 g/mol. The maximum Gasteiger partial charge on any atom is 0.143 e. The van der Waals surface area contributed by atoms with Crippen molar-refractivity contribution in [2.75, 3.05) is 5.32 Å². The SMILES string of the molecule is Oc1ccccc1Nc1ncnc2scc(-c3ccc4c(c3)CCCC4)c12. The Morgan fingerprint density at radius 1 is 0.963 bits per heavy atom. The first-order chi connectivity index (χ1) is 13.3. The summed E-state index contributed by atoms with van der Waals surface area (Å²) in [4.78, 5) is 9.85. The van der Waals surface area contributed by atoms with Gasteiger partial charge in [-0.1, -0.05) is 30.3 Å². The molecule has 0 atom stereocenters. The average molecular weight is 373 g/mol. The van der Waals surface area contributed by atoms with Gasteiger partial charge in [-0.3, -0.25) is 0 Å². The van der Waals surface area contributed by atoms with Crippen LogP contribution >= 0.6 is 11.3 Å². The van der Waals surface area contributed by atoms with Crippen LogP contribution in [0.15, 0.2) is 54.2 Å². The molecule has 0 radical (unpaired) electrons. The van der Waals surface area contributed by atoms with E-state index in [1.807, 2.05) is 12.1 Å². The number of anilines is 2. The minimum atomic E-state index is 0.204. The smallest absolute Gasteiger partial charge is 0.143 e. The molecule has 0 saturated carbocycles. The number of benzene rings is 2. The molecular formula is C22H19N3OS. The molecular weight excluding hydrogens is 354 g/mol. The van der Waals surface area contributed by atoms with E-state index in [9.17, 15) is 5.11 Å². The Kier molecular flexibility index (Phi) is 4.02. The zero-order chi connectivity index (χ0) is 18.2. The molecule has 4 nitrogen and oxygen atoms in total. The normalized spacial score (nSPS) is 13.5. The summed E-state index contributed by atoms with van der Waals surface area (Å²) in [6, 6.07) is 14.0. The zero-order valence-corrected chi connectivity index (χ0v) is 15.6. The third-order valence-electron chi connectivity index (χ3n) is 5.19. The number of fused-ring (bicyclic) bond motifs is 2. The van der Waals surface area contributed by atoms with Crippen LogP contribution in [0, 0.1) is 0 Å². The predicted octanol–water partition coefficient (Wildman–Crippen LogP) is 5.69. The summed E-state index contributed by atoms with van der Waals surface area (Å²) in [5, 5.41) is 16.5. The molecule has 0 spiro atoms. The molecule has 5 heteroatoms. The molecule has 0 bridgehead atoms. The zero-order valence-electron chi connectivity index (χ0n) is 14.8. The Labute approximate surface area is 161 Å². The van der Waals surface area contributed by atoms with Crippen LogP contribution < -0.4 is 5.32 Å². The third-order valence-corrected chi connectivity index (χ3v) is 6.07. The Morgan fingerprint density at radius 2 is 1.81 bits per heavy atom. The van der Waals surface area contributed by atoms with Crippen molar-refractivity contribution in [1.29, 1.82) is 0 Å². The van der Waals surface area contributed by atoms with E-state index in [2.05, 4.69) is 38.9 Å². The fraction of sp³-hybridized carbons (Fsp3) is 0.182. The van der Waals surface area contributed by atoms with E-state index >= 15 is 0 Å². The number of phenols is 1. The van der Waals surface area contributed by atoms with Gasteiger partial charge in [0.15, 0.2) is 0 Å². The van der Waals surface area contributed by atoms with Crippen LogP contribution in [-0.2, 0) is 12.8 Å². The molecule has 2 heterocycles. The summed E-state index contributed by atoms with van der Waals surface area (Å²) in [7, 11) is 0. The van der Waals surface area contributed by atoms with E-state index < -0.39 is 0 Å². The number of nitrogens with one attached hydrogen (secondary N) is 1. The van der Waals surface area contributed by atoms with Gasteiger partial charge < -0.3 is 10.4 Å². The van der Waals surface area contributed by atoms with Gasteiger partial charge in [0.2, 0.25) is 0 Å². The highest BCUT2D eigenvalue weighted by Crippen LogP contribution is 2.39. The van der Waals surface area contributed by atoms with E-state index in [0.29, 0.717) is 5.69 Å². The van der Waals surface area contributed by atoms with E-state index in [1.54, 1.807) is 29.8 Å². The largest absolute Gasteiger partial charge is 0.506 e. The van der Waals surface area contributed by atoms with Crippen LogP contribution in [0.3, 0.4) is 0 Å². The summed E-state index contributed by atoms with van der Waals surface area (Å²) in [5.41, 5.74) is 5.93. The Bertz CT molecular complexity index is 1140. The van der Waals surface area contributed by atoms with Crippen LogP contribution in [0.4, 0.5) is 11.5 Å². The average Bonchev–Trinajstić information content (AvgIpc) is 3.14. The van der Waals surface area contributed by atoms with Crippen LogP contribution in [0.25, 0.3) is 21.3 Å². The standard InChI is InChI=1S/C22H19N3OS/c26-19-8-4-3-7-18(19)25-21-20-17(12-27-22(20)24-13-23-21)16-10-9-14-5-1-2-6-15(14)11-16/h3-4,7-13,26H,1-2,5-6H2,(H,23,24,25). The van der Waals surface area contributed by atoms with E-state index in [0.717, 1.165) is 28.0 Å². The van der Waals surface area contributed by atoms with Crippen LogP contribution in [-0.4, -0.2) is 15.1 Å². The predicted molar refractivity (Wildman–Crippen MR) is 111 cm³/mol. The lowest BCUT2D eigenvalue weighted by Gasteiger charge is -2.16. The van der Waals surface area contributed by atoms with E-state index in [-0.39, 0.29) is 5.75 Å². The van der Waals surface area contributed by atoms with Crippen molar-refractivity contribution < 1.29 is 5.11 Å². The van der Waals surface area contributed by atoms with Crippen molar-refractivity contribution in [3.05, 3.63) is 65.3 Å². The van der Waals surface area contributed by atoms with Gasteiger partial charge in [0.25, 0.3) is 0 Å². The second-order valence-electron chi connectivity index (χ2n) is 6.88. The molecule has 0 aliphatic heterocycles. The Morgan fingerprint density at radius 3 is 2.70 bits per heavy atom. The van der Waals surface area contributed by atoms with Gasteiger partial charge in [0.05, 0.1) is 11.1 Å². The fourth-order valence-corrected chi connectivity index (χ4v) is 4.71. The summed E-state index contributed by atoms with van der Waals surface area (Å²) < 4.78 is 0. The van der Waals surface area contributed by atoms with Crippen molar-refractivity contribution in [3.8, 4) is 16.9 Å². The lowest BCUT2D eigenvalue weighted by molar-refractivity contribution is 0.478. The summed E-state index contributed by atoms with van der Waals surface area (Å²) in [6.07, 6.45) is 6.46. The van der Waals surface area contributed by atoms with Crippen LogP contribution in [0.5, 0.6) is 5.75 Å². The highest BCUT2D eigenvalue weighted by Gasteiger charge is 2.16. The molecule has 4 aromatic rings. The number of hydrogen-bond acceptors (Lipinski definition) is 5. The quantitative estimate of drug-likeness (QED) is 0.453. The topological polar surface area (TPSA) is 58.0 Å². The second-order valence-corrected chi connectivity index (χ2v) is 7.74. The number of aromatic nitrogens is 2. The number of para-hydroxylation sites is 2. The van der Waals surface area contributed by atoms with Crippen molar-refractivity contribution in [1.82, 2.24) is 9.97 Å². The van der Waals surface area contributed by atoms with E-state index in [4.69, 9.17) is 0 Å². The van der Waals surface area contributed by atoms with E-state index in [1.165, 1.54) is 36.0 Å². The van der Waals surface area contributed by atoms with Crippen LogP contribution in [0.1, 0.15) is 24.0 Å². The minimum absolute atomic E-state index is 0.204. The van der Waals surface area contributed by atoms with Gasteiger partial charge >= 0.3 is 0 Å². The maximum atomic E-state index is 10.1. The minimum Gasteiger partial charge on any atom is -0.506 e. The Balaban J connectivity index is 1.63. The number of aromatic hydroxyl groups is 1. The maximum absolute atomic E-state index is 10.1. The first-order valence-electron chi connectivity index (χ1n) is 9.19. The molecule has 1 aliphatic rings. The molecule has 0 amide bonds. The van der Waals surface area contributed by atoms with Crippen molar-refractivity contribution in [2.24, 2.45) is 0 Å². The van der Waals surface area contributed by atoms with Crippen LogP contribution in [0.2, 0.25) is 0 Å². The number of aryl methyl sites for hydroxylation is 2. The molecule has 2 N–H and O–H groups in total. The first kappa shape index (κ1) is 16.3. The highest BCUT2D eigenvalue weighted by atomic mass is 32.1.